The first-order valence-electron chi connectivity index (χ1n) is 7.06. The molecule has 1 aliphatic rings. The lowest BCUT2D eigenvalue weighted by Gasteiger charge is -2.30. The zero-order chi connectivity index (χ0) is 13.8. The molecule has 1 saturated heterocycles. The van der Waals surface area contributed by atoms with Gasteiger partial charge in [-0.05, 0) is 0 Å². The van der Waals surface area contributed by atoms with Gasteiger partial charge in [0.2, 0.25) is 6.29 Å². The average Bonchev–Trinajstić information content (AvgIpc) is 2.82. The highest BCUT2D eigenvalue weighted by molar-refractivity contribution is 5.15. The summed E-state index contributed by atoms with van der Waals surface area (Å²) in [5.74, 6) is 0. The third-order valence-electron chi connectivity index (χ3n) is 3.76. The van der Waals surface area contributed by atoms with Crippen LogP contribution in [0.2, 0.25) is 0 Å². The van der Waals surface area contributed by atoms with Crippen LogP contribution in [0.3, 0.4) is 0 Å². The highest BCUT2D eigenvalue weighted by Gasteiger charge is 2.40. The van der Waals surface area contributed by atoms with Gasteiger partial charge < -0.3 is 5.11 Å². The lowest BCUT2D eigenvalue weighted by Crippen LogP contribution is -2.43. The second kappa shape index (κ2) is 5.75. The number of hydroxylamine groups is 3. The fourth-order valence-corrected chi connectivity index (χ4v) is 2.83. The normalized spacial score (nSPS) is 20.9. The number of aliphatic hydroxyl groups excluding tert-OH is 1. The highest BCUT2D eigenvalue weighted by Crippen LogP contribution is 2.28. The summed E-state index contributed by atoms with van der Waals surface area (Å²) < 4.78 is 0.467. The Morgan fingerprint density at radius 3 is 1.80 bits per heavy atom. The lowest BCUT2D eigenvalue weighted by molar-refractivity contribution is -1.12. The molecule has 0 saturated carbocycles. The summed E-state index contributed by atoms with van der Waals surface area (Å²) in [7, 11) is 0. The predicted molar refractivity (Wildman–Crippen MR) is 77.1 cm³/mol. The van der Waals surface area contributed by atoms with E-state index in [9.17, 15) is 5.11 Å². The molecule has 1 atom stereocenters. The van der Waals surface area contributed by atoms with Crippen LogP contribution >= 0.6 is 0 Å². The van der Waals surface area contributed by atoms with E-state index in [4.69, 9.17) is 4.84 Å². The smallest absolute Gasteiger partial charge is 0.218 e. The van der Waals surface area contributed by atoms with Crippen LogP contribution in [0.15, 0.2) is 60.7 Å². The molecule has 0 aliphatic carbocycles. The molecule has 0 bridgehead atoms. The average molecular weight is 270 g/mol. The van der Waals surface area contributed by atoms with E-state index in [0.717, 1.165) is 19.6 Å². The van der Waals surface area contributed by atoms with Gasteiger partial charge in [0, 0.05) is 11.1 Å². The van der Waals surface area contributed by atoms with Crippen LogP contribution in [0.4, 0.5) is 0 Å². The second-order valence-corrected chi connectivity index (χ2v) is 5.42. The van der Waals surface area contributed by atoms with E-state index in [1.807, 2.05) is 36.4 Å². The van der Waals surface area contributed by atoms with Crippen LogP contribution < -0.4 is 0 Å². The molecular weight excluding hydrogens is 250 g/mol. The molecule has 1 fully saturated rings. The van der Waals surface area contributed by atoms with Gasteiger partial charge in [-0.15, -0.1) is 0 Å². The van der Waals surface area contributed by atoms with Crippen LogP contribution in [0.1, 0.15) is 17.5 Å². The quantitative estimate of drug-likeness (QED) is 0.866. The van der Waals surface area contributed by atoms with Gasteiger partial charge in [-0.3, -0.25) is 0 Å². The molecule has 1 heterocycles. The van der Waals surface area contributed by atoms with Crippen LogP contribution in [0, 0.1) is 0 Å². The summed E-state index contributed by atoms with van der Waals surface area (Å²) in [6.45, 7) is 2.41. The van der Waals surface area contributed by atoms with E-state index < -0.39 is 6.29 Å². The van der Waals surface area contributed by atoms with Gasteiger partial charge >= 0.3 is 0 Å². The standard InChI is InChI=1S/C17H20NO2/c19-17-11-12-18(20-17,13-15-7-3-1-4-8-15)14-16-9-5-2-6-10-16/h1-10,17,19H,11-14H2/q+1/t17-/m1/s1. The maximum atomic E-state index is 9.78. The largest absolute Gasteiger partial charge is 0.363 e. The molecule has 3 heteroatoms. The van der Waals surface area contributed by atoms with Crippen molar-refractivity contribution in [2.45, 2.75) is 25.8 Å². The van der Waals surface area contributed by atoms with Gasteiger partial charge in [0.1, 0.15) is 19.6 Å². The number of quaternary nitrogens is 1. The first-order valence-corrected chi connectivity index (χ1v) is 7.06. The molecule has 3 rings (SSSR count). The molecule has 2 aromatic rings. The van der Waals surface area contributed by atoms with Gasteiger partial charge in [0.25, 0.3) is 0 Å². The number of benzene rings is 2. The van der Waals surface area contributed by atoms with Gasteiger partial charge in [-0.25, -0.2) is 0 Å². The minimum absolute atomic E-state index is 0.467. The maximum Gasteiger partial charge on any atom is 0.218 e. The molecular formula is C17H20NO2+. The van der Waals surface area contributed by atoms with Crippen LogP contribution in [0.5, 0.6) is 0 Å². The monoisotopic (exact) mass is 270 g/mol. The Morgan fingerprint density at radius 1 is 0.900 bits per heavy atom. The van der Waals surface area contributed by atoms with Crippen molar-refractivity contribution in [3.8, 4) is 0 Å². The molecule has 104 valence electrons. The van der Waals surface area contributed by atoms with Gasteiger partial charge in [0.05, 0.1) is 6.42 Å². The predicted octanol–water partition coefficient (Wildman–Crippen LogP) is 2.86. The van der Waals surface area contributed by atoms with Gasteiger partial charge in [0.15, 0.2) is 0 Å². The summed E-state index contributed by atoms with van der Waals surface area (Å²) in [6, 6.07) is 20.6. The van der Waals surface area contributed by atoms with Crippen LogP contribution in [-0.4, -0.2) is 22.6 Å². The number of nitrogens with zero attached hydrogens (tertiary/aromatic N) is 1. The summed E-state index contributed by atoms with van der Waals surface area (Å²) in [6.07, 6.45) is 0.0436. The second-order valence-electron chi connectivity index (χ2n) is 5.42. The third-order valence-corrected chi connectivity index (χ3v) is 3.76. The minimum Gasteiger partial charge on any atom is -0.363 e. The Kier molecular flexibility index (Phi) is 3.83. The van der Waals surface area contributed by atoms with Gasteiger partial charge in [-0.1, -0.05) is 60.7 Å². The molecule has 1 aliphatic heterocycles. The van der Waals surface area contributed by atoms with Gasteiger partial charge in [-0.2, -0.15) is 9.48 Å². The molecule has 0 aromatic heterocycles. The SMILES string of the molecule is O[C@H]1CC[N+](Cc2ccccc2)(Cc2ccccc2)O1. The Morgan fingerprint density at radius 2 is 1.40 bits per heavy atom. The van der Waals surface area contributed by atoms with Crippen molar-refractivity contribution >= 4 is 0 Å². The van der Waals surface area contributed by atoms with E-state index in [2.05, 4.69) is 24.3 Å². The fourth-order valence-electron chi connectivity index (χ4n) is 2.83. The number of hydrogen-bond donors (Lipinski definition) is 1. The summed E-state index contributed by atoms with van der Waals surface area (Å²) in [5.41, 5.74) is 2.47. The zero-order valence-corrected chi connectivity index (χ0v) is 11.5. The van der Waals surface area contributed by atoms with Crippen molar-refractivity contribution in [3.05, 3.63) is 71.8 Å². The van der Waals surface area contributed by atoms with E-state index in [0.29, 0.717) is 11.1 Å². The lowest BCUT2D eigenvalue weighted by atomic mass is 10.1. The molecule has 2 aromatic carbocycles. The Bertz CT molecular complexity index is 500. The molecule has 3 nitrogen and oxygen atoms in total. The number of aliphatic hydroxyl groups is 1. The fraction of sp³-hybridized carbons (Fsp3) is 0.294. The Balaban J connectivity index is 1.82. The van der Waals surface area contributed by atoms with Crippen LogP contribution in [-0.2, 0) is 17.9 Å². The number of hydrogen-bond acceptors (Lipinski definition) is 2. The van der Waals surface area contributed by atoms with Crippen molar-refractivity contribution < 1.29 is 14.6 Å². The molecule has 0 unspecified atom stereocenters. The number of rotatable bonds is 4. The summed E-state index contributed by atoms with van der Waals surface area (Å²) in [5, 5.41) is 9.78. The molecule has 0 radical (unpaired) electrons. The topological polar surface area (TPSA) is 29.5 Å². The Labute approximate surface area is 119 Å². The third kappa shape index (κ3) is 3.07. The van der Waals surface area contributed by atoms with E-state index in [1.54, 1.807) is 0 Å². The van der Waals surface area contributed by atoms with E-state index >= 15 is 0 Å². The van der Waals surface area contributed by atoms with Crippen molar-refractivity contribution in [3.63, 3.8) is 0 Å². The van der Waals surface area contributed by atoms with E-state index in [-0.39, 0.29) is 0 Å². The summed E-state index contributed by atoms with van der Waals surface area (Å²) in [4.78, 5) is 5.85. The molecule has 0 spiro atoms. The first-order chi connectivity index (χ1) is 9.76. The van der Waals surface area contributed by atoms with Crippen molar-refractivity contribution in [2.24, 2.45) is 0 Å². The van der Waals surface area contributed by atoms with Crippen molar-refractivity contribution in [1.82, 2.24) is 0 Å². The summed E-state index contributed by atoms with van der Waals surface area (Å²) >= 11 is 0. The zero-order valence-electron chi connectivity index (χ0n) is 11.5. The highest BCUT2D eigenvalue weighted by atomic mass is 16.8. The Hall–Kier alpha value is -1.68. The molecule has 1 N–H and O–H groups in total. The molecule has 0 amide bonds. The first kappa shape index (κ1) is 13.3. The van der Waals surface area contributed by atoms with Crippen LogP contribution in [0.25, 0.3) is 0 Å². The maximum absolute atomic E-state index is 9.78. The van der Waals surface area contributed by atoms with Crippen molar-refractivity contribution in [1.29, 1.82) is 0 Å². The minimum atomic E-state index is -0.651. The molecule has 20 heavy (non-hydrogen) atoms. The van der Waals surface area contributed by atoms with E-state index in [1.165, 1.54) is 11.1 Å². The van der Waals surface area contributed by atoms with Crippen molar-refractivity contribution in [2.75, 3.05) is 6.54 Å².